The van der Waals surface area contributed by atoms with Crippen molar-refractivity contribution < 1.29 is 14.4 Å². The number of pyridine rings is 1. The Morgan fingerprint density at radius 3 is 2.71 bits per heavy atom. The zero-order valence-corrected chi connectivity index (χ0v) is 18.4. The second kappa shape index (κ2) is 10.1. The van der Waals surface area contributed by atoms with Crippen LogP contribution in [-0.2, 0) is 11.3 Å². The Hall–Kier alpha value is -3.42. The molecule has 0 saturated heterocycles. The largest absolute Gasteiger partial charge is 0.462 e. The van der Waals surface area contributed by atoms with Crippen LogP contribution in [0.2, 0.25) is 0 Å². The molecule has 31 heavy (non-hydrogen) atoms. The predicted octanol–water partition coefficient (Wildman–Crippen LogP) is 3.43. The smallest absolute Gasteiger partial charge is 0.346 e. The summed E-state index contributed by atoms with van der Waals surface area (Å²) in [6, 6.07) is 7.99. The van der Waals surface area contributed by atoms with E-state index in [9.17, 15) is 9.59 Å². The fourth-order valence-electron chi connectivity index (χ4n) is 3.34. The third kappa shape index (κ3) is 4.84. The summed E-state index contributed by atoms with van der Waals surface area (Å²) >= 11 is 0. The molecule has 8 nitrogen and oxygen atoms in total. The SMILES string of the molecule is CCCCOn1c(=O)c(C(=O)OCC)c(NCc2cccc(C)c2)c2c(C)ncnc21. The van der Waals surface area contributed by atoms with Gasteiger partial charge in [0.1, 0.15) is 12.9 Å². The van der Waals surface area contributed by atoms with Crippen molar-refractivity contribution in [2.24, 2.45) is 0 Å². The number of hydrogen-bond acceptors (Lipinski definition) is 7. The number of esters is 1. The monoisotopic (exact) mass is 424 g/mol. The van der Waals surface area contributed by atoms with Gasteiger partial charge in [-0.05, 0) is 32.8 Å². The molecule has 0 aliphatic carbocycles. The number of rotatable bonds is 9. The van der Waals surface area contributed by atoms with Gasteiger partial charge in [0, 0.05) is 6.54 Å². The van der Waals surface area contributed by atoms with Crippen LogP contribution in [-0.4, -0.2) is 33.9 Å². The maximum atomic E-state index is 13.3. The average Bonchev–Trinajstić information content (AvgIpc) is 2.74. The minimum Gasteiger partial charge on any atom is -0.462 e. The minimum atomic E-state index is -0.711. The molecule has 3 rings (SSSR count). The van der Waals surface area contributed by atoms with E-state index >= 15 is 0 Å². The van der Waals surface area contributed by atoms with Gasteiger partial charge in [-0.3, -0.25) is 4.79 Å². The first-order chi connectivity index (χ1) is 15.0. The van der Waals surface area contributed by atoms with E-state index in [-0.39, 0.29) is 12.2 Å². The molecule has 8 heteroatoms. The Kier molecular flexibility index (Phi) is 7.23. The molecule has 0 aliphatic heterocycles. The molecule has 3 aromatic rings. The van der Waals surface area contributed by atoms with Gasteiger partial charge in [0.15, 0.2) is 11.2 Å². The molecule has 0 atom stereocenters. The van der Waals surface area contributed by atoms with E-state index in [1.165, 1.54) is 6.33 Å². The Morgan fingerprint density at radius 2 is 2.00 bits per heavy atom. The number of unbranched alkanes of at least 4 members (excludes halogenated alkanes) is 1. The van der Waals surface area contributed by atoms with Crippen LogP contribution in [0.1, 0.15) is 53.9 Å². The van der Waals surface area contributed by atoms with Crippen LogP contribution >= 0.6 is 0 Å². The highest BCUT2D eigenvalue weighted by Crippen LogP contribution is 2.27. The standard InChI is InChI=1S/C23H28N4O4/c1-5-7-11-31-27-21-18(16(4)25-14-26-21)20(19(22(27)28)23(29)30-6-2)24-13-17-10-8-9-15(3)12-17/h8-10,12,14,24H,5-7,11,13H2,1-4H3. The van der Waals surface area contributed by atoms with E-state index in [0.29, 0.717) is 35.6 Å². The van der Waals surface area contributed by atoms with Crippen LogP contribution in [0.3, 0.4) is 0 Å². The molecule has 0 radical (unpaired) electrons. The number of aromatic nitrogens is 3. The first-order valence-corrected chi connectivity index (χ1v) is 10.5. The molecular formula is C23H28N4O4. The molecule has 2 heterocycles. The van der Waals surface area contributed by atoms with Crippen molar-refractivity contribution in [1.29, 1.82) is 0 Å². The zero-order valence-electron chi connectivity index (χ0n) is 18.4. The highest BCUT2D eigenvalue weighted by Gasteiger charge is 2.26. The second-order valence-electron chi connectivity index (χ2n) is 7.26. The maximum absolute atomic E-state index is 13.3. The van der Waals surface area contributed by atoms with Crippen molar-refractivity contribution >= 4 is 22.7 Å². The van der Waals surface area contributed by atoms with Crippen LogP contribution < -0.4 is 15.7 Å². The summed E-state index contributed by atoms with van der Waals surface area (Å²) in [5.74, 6) is -0.711. The quantitative estimate of drug-likeness (QED) is 0.415. The first kappa shape index (κ1) is 22.3. The van der Waals surface area contributed by atoms with Gasteiger partial charge in [-0.15, -0.1) is 4.73 Å². The van der Waals surface area contributed by atoms with Crippen molar-refractivity contribution in [3.63, 3.8) is 0 Å². The van der Waals surface area contributed by atoms with Crippen LogP contribution in [0.15, 0.2) is 35.4 Å². The highest BCUT2D eigenvalue weighted by molar-refractivity contribution is 6.04. The van der Waals surface area contributed by atoms with Crippen LogP contribution in [0, 0.1) is 13.8 Å². The van der Waals surface area contributed by atoms with E-state index in [4.69, 9.17) is 9.57 Å². The summed E-state index contributed by atoms with van der Waals surface area (Å²) in [7, 11) is 0. The molecule has 2 aromatic heterocycles. The molecule has 0 saturated carbocycles. The van der Waals surface area contributed by atoms with Crippen molar-refractivity contribution in [3.8, 4) is 0 Å². The number of aryl methyl sites for hydroxylation is 2. The number of carbonyl (C=O) groups is 1. The number of benzene rings is 1. The van der Waals surface area contributed by atoms with E-state index in [0.717, 1.165) is 28.7 Å². The molecule has 1 aromatic carbocycles. The van der Waals surface area contributed by atoms with E-state index in [2.05, 4.69) is 15.3 Å². The Bertz CT molecular complexity index is 1140. The Balaban J connectivity index is 2.19. The first-order valence-electron chi connectivity index (χ1n) is 10.5. The van der Waals surface area contributed by atoms with Crippen LogP contribution in [0.25, 0.3) is 11.0 Å². The van der Waals surface area contributed by atoms with Gasteiger partial charge in [-0.2, -0.15) is 0 Å². The van der Waals surface area contributed by atoms with Gasteiger partial charge in [0.2, 0.25) is 0 Å². The average molecular weight is 425 g/mol. The van der Waals surface area contributed by atoms with E-state index < -0.39 is 11.5 Å². The molecule has 0 fully saturated rings. The lowest BCUT2D eigenvalue weighted by molar-refractivity contribution is 0.0515. The molecule has 1 N–H and O–H groups in total. The number of ether oxygens (including phenoxy) is 1. The lowest BCUT2D eigenvalue weighted by atomic mass is 10.1. The third-order valence-electron chi connectivity index (χ3n) is 4.86. The summed E-state index contributed by atoms with van der Waals surface area (Å²) in [5, 5.41) is 3.82. The van der Waals surface area contributed by atoms with Gasteiger partial charge in [0.05, 0.1) is 23.4 Å². The summed E-state index contributed by atoms with van der Waals surface area (Å²) in [6.45, 7) is 8.43. The van der Waals surface area contributed by atoms with Gasteiger partial charge in [0.25, 0.3) is 0 Å². The number of carbonyl (C=O) groups excluding carboxylic acids is 1. The highest BCUT2D eigenvalue weighted by atomic mass is 16.7. The predicted molar refractivity (Wildman–Crippen MR) is 119 cm³/mol. The minimum absolute atomic E-state index is 0.114. The van der Waals surface area contributed by atoms with E-state index in [1.54, 1.807) is 13.8 Å². The van der Waals surface area contributed by atoms with Crippen LogP contribution in [0.4, 0.5) is 5.69 Å². The molecule has 0 amide bonds. The van der Waals surface area contributed by atoms with Crippen molar-refractivity contribution in [2.45, 2.75) is 47.1 Å². The zero-order chi connectivity index (χ0) is 22.4. The van der Waals surface area contributed by atoms with Gasteiger partial charge >= 0.3 is 11.5 Å². The summed E-state index contributed by atoms with van der Waals surface area (Å²) in [4.78, 5) is 40.4. The third-order valence-corrected chi connectivity index (χ3v) is 4.86. The van der Waals surface area contributed by atoms with Gasteiger partial charge in [-0.1, -0.05) is 43.2 Å². The molecule has 0 aliphatic rings. The lowest BCUT2D eigenvalue weighted by Gasteiger charge is -2.18. The van der Waals surface area contributed by atoms with Crippen molar-refractivity contribution in [1.82, 2.24) is 14.7 Å². The number of fused-ring (bicyclic) bond motifs is 1. The van der Waals surface area contributed by atoms with E-state index in [1.807, 2.05) is 38.1 Å². The van der Waals surface area contributed by atoms with Crippen molar-refractivity contribution in [2.75, 3.05) is 18.5 Å². The second-order valence-corrected chi connectivity index (χ2v) is 7.26. The molecule has 0 bridgehead atoms. The lowest BCUT2D eigenvalue weighted by Crippen LogP contribution is -2.34. The maximum Gasteiger partial charge on any atom is 0.346 e. The number of nitrogens with zero attached hydrogens (tertiary/aromatic N) is 3. The molecule has 0 spiro atoms. The summed E-state index contributed by atoms with van der Waals surface area (Å²) in [5.41, 5.74) is 2.70. The Labute approximate surface area is 181 Å². The number of hydrogen-bond donors (Lipinski definition) is 1. The van der Waals surface area contributed by atoms with Gasteiger partial charge in [-0.25, -0.2) is 14.8 Å². The van der Waals surface area contributed by atoms with Crippen LogP contribution in [0.5, 0.6) is 0 Å². The van der Waals surface area contributed by atoms with Gasteiger partial charge < -0.3 is 14.9 Å². The molecular weight excluding hydrogens is 396 g/mol. The summed E-state index contributed by atoms with van der Waals surface area (Å²) < 4.78 is 6.29. The topological polar surface area (TPSA) is 95.3 Å². The normalized spacial score (nSPS) is 10.8. The number of anilines is 1. The number of nitrogens with one attached hydrogen (secondary N) is 1. The summed E-state index contributed by atoms with van der Waals surface area (Å²) in [6.07, 6.45) is 3.05. The van der Waals surface area contributed by atoms with Crippen molar-refractivity contribution in [3.05, 3.63) is 63.3 Å². The fourth-order valence-corrected chi connectivity index (χ4v) is 3.34. The fraction of sp³-hybridized carbons (Fsp3) is 0.391. The Morgan fingerprint density at radius 1 is 1.19 bits per heavy atom. The molecule has 164 valence electrons. The molecule has 0 unspecified atom stereocenters.